The molecule has 0 atom stereocenters. The summed E-state index contributed by atoms with van der Waals surface area (Å²) in [5, 5.41) is 3.32. The molecule has 0 saturated carbocycles. The van der Waals surface area contributed by atoms with Gasteiger partial charge < -0.3 is 5.32 Å². The third-order valence-electron chi connectivity index (χ3n) is 2.88. The van der Waals surface area contributed by atoms with Crippen molar-refractivity contribution in [1.82, 2.24) is 5.32 Å². The van der Waals surface area contributed by atoms with E-state index in [1.165, 1.54) is 21.2 Å². The van der Waals surface area contributed by atoms with Crippen LogP contribution in [-0.4, -0.2) is 7.05 Å². The van der Waals surface area contributed by atoms with E-state index in [1.807, 2.05) is 7.05 Å². The maximum atomic E-state index is 3.62. The molecule has 1 rings (SSSR count). The summed E-state index contributed by atoms with van der Waals surface area (Å²) in [6, 6.07) is 4.36. The molecule has 0 spiro atoms. The lowest BCUT2D eigenvalue weighted by Gasteiger charge is -2.27. The Morgan fingerprint density at radius 1 is 1.21 bits per heavy atom. The number of hydrogen-bond acceptors (Lipinski definition) is 1. The fraction of sp³-hybridized carbons (Fsp3) is 0.500. The maximum Gasteiger partial charge on any atom is 0.0378 e. The van der Waals surface area contributed by atoms with E-state index >= 15 is 0 Å². The van der Waals surface area contributed by atoms with Gasteiger partial charge in [0.05, 0.1) is 0 Å². The van der Waals surface area contributed by atoms with E-state index in [1.54, 1.807) is 0 Å². The predicted molar refractivity (Wildman–Crippen MR) is 65.7 cm³/mol. The Bertz CT molecular complexity index is 342. The second kappa shape index (κ2) is 4.03. The van der Waals surface area contributed by atoms with Gasteiger partial charge in [-0.25, -0.2) is 0 Å². The largest absolute Gasteiger partial charge is 0.311 e. The summed E-state index contributed by atoms with van der Waals surface area (Å²) >= 11 is 3.62. The number of hydrogen-bond donors (Lipinski definition) is 1. The van der Waals surface area contributed by atoms with Crippen molar-refractivity contribution in [2.75, 3.05) is 7.05 Å². The summed E-state index contributed by atoms with van der Waals surface area (Å²) in [4.78, 5) is 0. The minimum absolute atomic E-state index is 0.0281. The van der Waals surface area contributed by atoms with Crippen molar-refractivity contribution in [3.63, 3.8) is 0 Å². The van der Waals surface area contributed by atoms with Crippen molar-refractivity contribution in [3.8, 4) is 0 Å². The average molecular weight is 256 g/mol. The summed E-state index contributed by atoms with van der Waals surface area (Å²) in [5.41, 5.74) is 3.99. The predicted octanol–water partition coefficient (Wildman–Crippen LogP) is 3.52. The Hall–Kier alpha value is -0.340. The van der Waals surface area contributed by atoms with Crippen LogP contribution in [0.5, 0.6) is 0 Å². The van der Waals surface area contributed by atoms with E-state index < -0.39 is 0 Å². The van der Waals surface area contributed by atoms with Crippen molar-refractivity contribution >= 4 is 15.9 Å². The first-order chi connectivity index (χ1) is 6.40. The van der Waals surface area contributed by atoms with E-state index in [4.69, 9.17) is 0 Å². The Balaban J connectivity index is 3.31. The number of aryl methyl sites for hydroxylation is 1. The van der Waals surface area contributed by atoms with Gasteiger partial charge in [-0.15, -0.1) is 0 Å². The highest BCUT2D eigenvalue weighted by Gasteiger charge is 2.21. The molecule has 2 heteroatoms. The molecule has 14 heavy (non-hydrogen) atoms. The number of halogens is 1. The molecule has 0 unspecified atom stereocenters. The van der Waals surface area contributed by atoms with Crippen LogP contribution in [0, 0.1) is 13.8 Å². The molecule has 0 fully saturated rings. The first-order valence-corrected chi connectivity index (χ1v) is 5.64. The molecule has 0 heterocycles. The molecule has 0 aromatic heterocycles. The van der Waals surface area contributed by atoms with Crippen LogP contribution in [-0.2, 0) is 5.54 Å². The van der Waals surface area contributed by atoms with Crippen molar-refractivity contribution < 1.29 is 0 Å². The molecule has 0 aliphatic heterocycles. The van der Waals surface area contributed by atoms with Gasteiger partial charge in [0.1, 0.15) is 0 Å². The Kier molecular flexibility index (Phi) is 3.38. The van der Waals surface area contributed by atoms with Crippen molar-refractivity contribution in [3.05, 3.63) is 33.3 Å². The lowest BCUT2D eigenvalue weighted by molar-refractivity contribution is 0.442. The van der Waals surface area contributed by atoms with Crippen LogP contribution < -0.4 is 5.32 Å². The fourth-order valence-electron chi connectivity index (χ4n) is 1.63. The van der Waals surface area contributed by atoms with E-state index in [2.05, 4.69) is 61.1 Å². The van der Waals surface area contributed by atoms with Gasteiger partial charge in [0.25, 0.3) is 0 Å². The van der Waals surface area contributed by atoms with Crippen LogP contribution >= 0.6 is 15.9 Å². The Morgan fingerprint density at radius 3 is 2.29 bits per heavy atom. The molecule has 1 aromatic carbocycles. The van der Waals surface area contributed by atoms with Crippen LogP contribution in [0.2, 0.25) is 0 Å². The number of benzene rings is 1. The highest BCUT2D eigenvalue weighted by atomic mass is 79.9. The molecule has 1 aromatic rings. The standard InChI is InChI=1S/C12H18BrN/c1-8-6-7-10(9(2)11(8)13)12(3,4)14-5/h6-7,14H,1-5H3. The molecule has 0 amide bonds. The van der Waals surface area contributed by atoms with Crippen molar-refractivity contribution in [1.29, 1.82) is 0 Å². The monoisotopic (exact) mass is 255 g/mol. The molecular weight excluding hydrogens is 238 g/mol. The Labute approximate surface area is 95.0 Å². The SMILES string of the molecule is CNC(C)(C)c1ccc(C)c(Br)c1C. The second-order valence-electron chi connectivity index (χ2n) is 4.24. The van der Waals surface area contributed by atoms with Gasteiger partial charge in [0.15, 0.2) is 0 Å². The summed E-state index contributed by atoms with van der Waals surface area (Å²) in [6.45, 7) is 8.66. The normalized spacial score (nSPS) is 11.9. The number of rotatable bonds is 2. The van der Waals surface area contributed by atoms with Gasteiger partial charge in [-0.1, -0.05) is 28.1 Å². The zero-order chi connectivity index (χ0) is 10.9. The van der Waals surface area contributed by atoms with E-state index in [-0.39, 0.29) is 5.54 Å². The van der Waals surface area contributed by atoms with Gasteiger partial charge in [0.2, 0.25) is 0 Å². The van der Waals surface area contributed by atoms with Crippen LogP contribution in [0.1, 0.15) is 30.5 Å². The van der Waals surface area contributed by atoms with Gasteiger partial charge >= 0.3 is 0 Å². The van der Waals surface area contributed by atoms with Crippen molar-refractivity contribution in [2.24, 2.45) is 0 Å². The molecule has 1 N–H and O–H groups in total. The summed E-state index contributed by atoms with van der Waals surface area (Å²) in [6.07, 6.45) is 0. The molecule has 0 aliphatic carbocycles. The topological polar surface area (TPSA) is 12.0 Å². The summed E-state index contributed by atoms with van der Waals surface area (Å²) in [5.74, 6) is 0. The maximum absolute atomic E-state index is 3.62. The van der Waals surface area contributed by atoms with E-state index in [0.29, 0.717) is 0 Å². The van der Waals surface area contributed by atoms with Gasteiger partial charge in [0, 0.05) is 10.0 Å². The fourth-order valence-corrected chi connectivity index (χ4v) is 1.98. The smallest absolute Gasteiger partial charge is 0.0378 e. The second-order valence-corrected chi connectivity index (χ2v) is 5.04. The summed E-state index contributed by atoms with van der Waals surface area (Å²) < 4.78 is 1.22. The zero-order valence-electron chi connectivity index (χ0n) is 9.53. The van der Waals surface area contributed by atoms with Gasteiger partial charge in [-0.2, -0.15) is 0 Å². The van der Waals surface area contributed by atoms with Crippen molar-refractivity contribution in [2.45, 2.75) is 33.2 Å². The molecule has 0 bridgehead atoms. The van der Waals surface area contributed by atoms with E-state index in [9.17, 15) is 0 Å². The third-order valence-corrected chi connectivity index (χ3v) is 4.10. The molecule has 0 aliphatic rings. The minimum Gasteiger partial charge on any atom is -0.311 e. The van der Waals surface area contributed by atoms with E-state index in [0.717, 1.165) is 0 Å². The minimum atomic E-state index is 0.0281. The van der Waals surface area contributed by atoms with Crippen LogP contribution in [0.4, 0.5) is 0 Å². The lowest BCUT2D eigenvalue weighted by atomic mass is 9.90. The van der Waals surface area contributed by atoms with Gasteiger partial charge in [-0.3, -0.25) is 0 Å². The quantitative estimate of drug-likeness (QED) is 0.853. The third kappa shape index (κ3) is 2.01. The highest BCUT2D eigenvalue weighted by molar-refractivity contribution is 9.10. The highest BCUT2D eigenvalue weighted by Crippen LogP contribution is 2.30. The molecular formula is C12H18BrN. The molecule has 1 nitrogen and oxygen atoms in total. The zero-order valence-corrected chi connectivity index (χ0v) is 11.1. The van der Waals surface area contributed by atoms with Crippen LogP contribution in [0.3, 0.4) is 0 Å². The molecule has 0 radical (unpaired) electrons. The van der Waals surface area contributed by atoms with Crippen LogP contribution in [0.15, 0.2) is 16.6 Å². The Morgan fingerprint density at radius 2 is 1.79 bits per heavy atom. The van der Waals surface area contributed by atoms with Crippen LogP contribution in [0.25, 0.3) is 0 Å². The molecule has 78 valence electrons. The first-order valence-electron chi connectivity index (χ1n) is 4.85. The first kappa shape index (κ1) is 11.7. The molecule has 0 saturated heterocycles. The van der Waals surface area contributed by atoms with Gasteiger partial charge in [-0.05, 0) is 51.4 Å². The summed E-state index contributed by atoms with van der Waals surface area (Å²) in [7, 11) is 1.99. The average Bonchev–Trinajstić information content (AvgIpc) is 2.14. The number of nitrogens with one attached hydrogen (secondary N) is 1. The lowest BCUT2D eigenvalue weighted by Crippen LogP contribution is -2.34.